The number of pyridine rings is 1. The molecular formula is C15H15N3O2. The highest BCUT2D eigenvalue weighted by molar-refractivity contribution is 5.94. The zero-order valence-corrected chi connectivity index (χ0v) is 10.9. The molecule has 0 radical (unpaired) electrons. The zero-order valence-electron chi connectivity index (χ0n) is 10.9. The monoisotopic (exact) mass is 269 g/mol. The van der Waals surface area contributed by atoms with Crippen LogP contribution in [0.25, 0.3) is 0 Å². The van der Waals surface area contributed by atoms with Crippen molar-refractivity contribution in [2.75, 3.05) is 5.32 Å². The lowest BCUT2D eigenvalue weighted by Gasteiger charge is -2.17. The fourth-order valence-electron chi connectivity index (χ4n) is 2.21. The maximum absolute atomic E-state index is 11.3. The van der Waals surface area contributed by atoms with Crippen molar-refractivity contribution < 1.29 is 9.53 Å². The first-order valence-corrected chi connectivity index (χ1v) is 6.51. The summed E-state index contributed by atoms with van der Waals surface area (Å²) in [5.74, 6) is 1.28. The van der Waals surface area contributed by atoms with E-state index in [0.29, 0.717) is 24.6 Å². The summed E-state index contributed by atoms with van der Waals surface area (Å²) in [7, 11) is 0. The van der Waals surface area contributed by atoms with Gasteiger partial charge in [-0.15, -0.1) is 0 Å². The zero-order chi connectivity index (χ0) is 13.9. The number of benzene rings is 1. The molecule has 0 spiro atoms. The second-order valence-corrected chi connectivity index (χ2v) is 4.64. The summed E-state index contributed by atoms with van der Waals surface area (Å²) >= 11 is 0. The van der Waals surface area contributed by atoms with Gasteiger partial charge in [-0.1, -0.05) is 6.07 Å². The van der Waals surface area contributed by atoms with E-state index in [4.69, 9.17) is 10.5 Å². The third-order valence-electron chi connectivity index (χ3n) is 3.26. The molecule has 20 heavy (non-hydrogen) atoms. The number of aromatic nitrogens is 1. The van der Waals surface area contributed by atoms with Crippen LogP contribution in [0.1, 0.15) is 17.5 Å². The standard InChI is InChI=1S/C15H15N3O2/c16-9-11-2-1-7-17-15(11)20-12-4-5-13-10(8-12)3-6-14(19)18-13/h1-2,4-5,7-8H,3,6,9,16H2,(H,18,19). The molecule has 0 saturated carbocycles. The Hall–Kier alpha value is -2.40. The van der Waals surface area contributed by atoms with Crippen LogP contribution in [-0.4, -0.2) is 10.9 Å². The number of hydrogen-bond acceptors (Lipinski definition) is 4. The first-order chi connectivity index (χ1) is 9.76. The van der Waals surface area contributed by atoms with Crippen LogP contribution in [0.5, 0.6) is 11.6 Å². The number of carbonyl (C=O) groups excluding carboxylic acids is 1. The van der Waals surface area contributed by atoms with E-state index in [0.717, 1.165) is 23.2 Å². The normalized spacial score (nSPS) is 13.6. The van der Waals surface area contributed by atoms with Gasteiger partial charge in [-0.25, -0.2) is 4.98 Å². The van der Waals surface area contributed by atoms with E-state index in [1.54, 1.807) is 6.20 Å². The smallest absolute Gasteiger partial charge is 0.224 e. The minimum Gasteiger partial charge on any atom is -0.439 e. The Labute approximate surface area is 116 Å². The van der Waals surface area contributed by atoms with E-state index in [-0.39, 0.29) is 5.91 Å². The Morgan fingerprint density at radius 3 is 3.05 bits per heavy atom. The highest BCUT2D eigenvalue weighted by Crippen LogP contribution is 2.29. The summed E-state index contributed by atoms with van der Waals surface area (Å²) in [6, 6.07) is 9.33. The molecule has 1 aromatic carbocycles. The minimum atomic E-state index is 0.0568. The highest BCUT2D eigenvalue weighted by atomic mass is 16.5. The van der Waals surface area contributed by atoms with Crippen LogP contribution in [-0.2, 0) is 17.8 Å². The molecule has 0 unspecified atom stereocenters. The lowest BCUT2D eigenvalue weighted by molar-refractivity contribution is -0.116. The molecule has 0 saturated heterocycles. The Balaban J connectivity index is 1.87. The van der Waals surface area contributed by atoms with Gasteiger partial charge in [0.1, 0.15) is 5.75 Å². The van der Waals surface area contributed by atoms with Gasteiger partial charge in [0.2, 0.25) is 11.8 Å². The molecule has 0 aliphatic carbocycles. The van der Waals surface area contributed by atoms with E-state index >= 15 is 0 Å². The van der Waals surface area contributed by atoms with Gasteiger partial charge in [0.05, 0.1) is 0 Å². The molecule has 5 nitrogen and oxygen atoms in total. The molecule has 1 aliphatic heterocycles. The fourth-order valence-corrected chi connectivity index (χ4v) is 2.21. The predicted octanol–water partition coefficient (Wildman–Crippen LogP) is 2.22. The van der Waals surface area contributed by atoms with Gasteiger partial charge in [0.15, 0.2) is 0 Å². The Morgan fingerprint density at radius 2 is 2.20 bits per heavy atom. The number of fused-ring (bicyclic) bond motifs is 1. The number of anilines is 1. The van der Waals surface area contributed by atoms with E-state index in [2.05, 4.69) is 10.3 Å². The van der Waals surface area contributed by atoms with Crippen molar-refractivity contribution in [3.8, 4) is 11.6 Å². The number of hydrogen-bond donors (Lipinski definition) is 2. The van der Waals surface area contributed by atoms with Gasteiger partial charge in [-0.3, -0.25) is 4.79 Å². The quantitative estimate of drug-likeness (QED) is 0.895. The van der Waals surface area contributed by atoms with Crippen molar-refractivity contribution in [3.05, 3.63) is 47.7 Å². The predicted molar refractivity (Wildman–Crippen MR) is 75.6 cm³/mol. The average molecular weight is 269 g/mol. The van der Waals surface area contributed by atoms with Crippen LogP contribution in [0.3, 0.4) is 0 Å². The molecular weight excluding hydrogens is 254 g/mol. The lowest BCUT2D eigenvalue weighted by atomic mass is 10.0. The van der Waals surface area contributed by atoms with E-state index < -0.39 is 0 Å². The molecule has 3 rings (SSSR count). The summed E-state index contributed by atoms with van der Waals surface area (Å²) in [6.45, 7) is 0.379. The number of ether oxygens (including phenoxy) is 1. The van der Waals surface area contributed by atoms with Gasteiger partial charge in [0, 0.05) is 30.4 Å². The van der Waals surface area contributed by atoms with Gasteiger partial charge in [-0.2, -0.15) is 0 Å². The number of carbonyl (C=O) groups is 1. The van der Waals surface area contributed by atoms with E-state index in [1.807, 2.05) is 30.3 Å². The lowest BCUT2D eigenvalue weighted by Crippen LogP contribution is -2.18. The Kier molecular flexibility index (Phi) is 3.35. The SMILES string of the molecule is NCc1cccnc1Oc1ccc2c(c1)CCC(=O)N2. The van der Waals surface area contributed by atoms with Gasteiger partial charge >= 0.3 is 0 Å². The van der Waals surface area contributed by atoms with Crippen LogP contribution in [0.4, 0.5) is 5.69 Å². The van der Waals surface area contributed by atoms with Gasteiger partial charge < -0.3 is 15.8 Å². The van der Waals surface area contributed by atoms with Crippen molar-refractivity contribution in [1.82, 2.24) is 4.98 Å². The van der Waals surface area contributed by atoms with Crippen molar-refractivity contribution >= 4 is 11.6 Å². The minimum absolute atomic E-state index is 0.0568. The largest absolute Gasteiger partial charge is 0.439 e. The van der Waals surface area contributed by atoms with Gasteiger partial charge in [0.25, 0.3) is 0 Å². The number of aryl methyl sites for hydroxylation is 1. The maximum Gasteiger partial charge on any atom is 0.224 e. The second kappa shape index (κ2) is 5.30. The van der Waals surface area contributed by atoms with Gasteiger partial charge in [-0.05, 0) is 36.2 Å². The average Bonchev–Trinajstić information content (AvgIpc) is 2.48. The van der Waals surface area contributed by atoms with Crippen molar-refractivity contribution in [2.45, 2.75) is 19.4 Å². The first-order valence-electron chi connectivity index (χ1n) is 6.51. The third kappa shape index (κ3) is 2.48. The third-order valence-corrected chi connectivity index (χ3v) is 3.26. The molecule has 0 atom stereocenters. The molecule has 0 fully saturated rings. The molecule has 102 valence electrons. The van der Waals surface area contributed by atoms with E-state index in [1.165, 1.54) is 0 Å². The highest BCUT2D eigenvalue weighted by Gasteiger charge is 2.15. The maximum atomic E-state index is 11.3. The summed E-state index contributed by atoms with van der Waals surface area (Å²) in [5.41, 5.74) is 8.45. The molecule has 2 heterocycles. The Morgan fingerprint density at radius 1 is 1.30 bits per heavy atom. The van der Waals surface area contributed by atoms with Crippen LogP contribution >= 0.6 is 0 Å². The number of nitrogens with one attached hydrogen (secondary N) is 1. The molecule has 1 aliphatic rings. The number of amides is 1. The summed E-state index contributed by atoms with van der Waals surface area (Å²) in [5, 5.41) is 2.84. The molecule has 3 N–H and O–H groups in total. The van der Waals surface area contributed by atoms with Crippen molar-refractivity contribution in [3.63, 3.8) is 0 Å². The summed E-state index contributed by atoms with van der Waals surface area (Å²) < 4.78 is 5.79. The molecule has 1 amide bonds. The summed E-state index contributed by atoms with van der Waals surface area (Å²) in [4.78, 5) is 15.5. The van der Waals surface area contributed by atoms with Crippen LogP contribution in [0.15, 0.2) is 36.5 Å². The first kappa shape index (κ1) is 12.6. The molecule has 2 aromatic rings. The number of nitrogens with zero attached hydrogens (tertiary/aromatic N) is 1. The van der Waals surface area contributed by atoms with Crippen LogP contribution < -0.4 is 15.8 Å². The van der Waals surface area contributed by atoms with E-state index in [9.17, 15) is 4.79 Å². The van der Waals surface area contributed by atoms with Crippen molar-refractivity contribution in [2.24, 2.45) is 5.73 Å². The molecule has 0 bridgehead atoms. The Bertz CT molecular complexity index is 655. The van der Waals surface area contributed by atoms with Crippen LogP contribution in [0.2, 0.25) is 0 Å². The number of rotatable bonds is 3. The summed E-state index contributed by atoms with van der Waals surface area (Å²) in [6.07, 6.45) is 2.91. The number of nitrogens with two attached hydrogens (primary N) is 1. The fraction of sp³-hybridized carbons (Fsp3) is 0.200. The molecule has 5 heteroatoms. The van der Waals surface area contributed by atoms with Crippen molar-refractivity contribution in [1.29, 1.82) is 0 Å². The van der Waals surface area contributed by atoms with Crippen LogP contribution in [0, 0.1) is 0 Å². The second-order valence-electron chi connectivity index (χ2n) is 4.64. The molecule has 1 aromatic heterocycles. The topological polar surface area (TPSA) is 77.2 Å².